The highest BCUT2D eigenvalue weighted by atomic mass is 35.5. The highest BCUT2D eigenvalue weighted by Gasteiger charge is 2.29. The second kappa shape index (κ2) is 7.23. The number of rotatable bonds is 4. The quantitative estimate of drug-likeness (QED) is 0.747. The predicted molar refractivity (Wildman–Crippen MR) is 107 cm³/mol. The van der Waals surface area contributed by atoms with Gasteiger partial charge in [0, 0.05) is 31.2 Å². The molecule has 134 valence electrons. The molecule has 2 heterocycles. The van der Waals surface area contributed by atoms with Crippen LogP contribution in [0.5, 0.6) is 0 Å². The molecule has 1 aliphatic heterocycles. The fourth-order valence-corrected chi connectivity index (χ4v) is 4.51. The Labute approximate surface area is 161 Å². The summed E-state index contributed by atoms with van der Waals surface area (Å²) in [5, 5.41) is 1.69. The summed E-state index contributed by atoms with van der Waals surface area (Å²) in [4.78, 5) is 21.2. The van der Waals surface area contributed by atoms with Crippen molar-refractivity contribution in [3.63, 3.8) is 0 Å². The first-order valence-corrected chi connectivity index (χ1v) is 9.70. The summed E-state index contributed by atoms with van der Waals surface area (Å²) in [5.41, 5.74) is 7.61. The van der Waals surface area contributed by atoms with Gasteiger partial charge in [-0.2, -0.15) is 0 Å². The molecular formula is C19H19ClN4OS. The van der Waals surface area contributed by atoms with E-state index in [0.29, 0.717) is 5.02 Å². The maximum absolute atomic E-state index is 12.1. The van der Waals surface area contributed by atoms with Gasteiger partial charge in [-0.3, -0.25) is 9.69 Å². The third-order valence-corrected chi connectivity index (χ3v) is 6.04. The van der Waals surface area contributed by atoms with E-state index in [9.17, 15) is 4.79 Å². The van der Waals surface area contributed by atoms with Crippen LogP contribution in [0.3, 0.4) is 0 Å². The Morgan fingerprint density at radius 1 is 1.08 bits per heavy atom. The highest BCUT2D eigenvalue weighted by molar-refractivity contribution is 7.22. The highest BCUT2D eigenvalue weighted by Crippen LogP contribution is 2.30. The average Bonchev–Trinajstić information content (AvgIpc) is 3.08. The number of para-hydroxylation sites is 1. The van der Waals surface area contributed by atoms with Gasteiger partial charge < -0.3 is 10.6 Å². The van der Waals surface area contributed by atoms with E-state index in [4.69, 9.17) is 22.3 Å². The van der Waals surface area contributed by atoms with Crippen LogP contribution in [0.1, 0.15) is 11.6 Å². The molecule has 0 radical (unpaired) electrons. The maximum Gasteiger partial charge on any atom is 0.239 e. The molecule has 2 N–H and O–H groups in total. The van der Waals surface area contributed by atoms with E-state index in [1.165, 1.54) is 4.70 Å². The number of anilines is 1. The lowest BCUT2D eigenvalue weighted by molar-refractivity contribution is -0.123. The van der Waals surface area contributed by atoms with Crippen LogP contribution < -0.4 is 10.6 Å². The molecule has 26 heavy (non-hydrogen) atoms. The van der Waals surface area contributed by atoms with Gasteiger partial charge in [0.05, 0.1) is 10.2 Å². The van der Waals surface area contributed by atoms with Crippen molar-refractivity contribution in [3.8, 4) is 0 Å². The van der Waals surface area contributed by atoms with Crippen LogP contribution in [-0.2, 0) is 4.79 Å². The zero-order valence-electron chi connectivity index (χ0n) is 14.1. The first-order chi connectivity index (χ1) is 12.6. The molecule has 0 saturated carbocycles. The number of nitrogens with two attached hydrogens (primary N) is 1. The number of aromatic nitrogens is 1. The summed E-state index contributed by atoms with van der Waals surface area (Å²) in [5.74, 6) is -0.333. The number of primary amides is 1. The van der Waals surface area contributed by atoms with Crippen molar-refractivity contribution in [2.75, 3.05) is 31.1 Å². The van der Waals surface area contributed by atoms with Crippen molar-refractivity contribution in [2.45, 2.75) is 6.04 Å². The number of hydrogen-bond donors (Lipinski definition) is 1. The first-order valence-electron chi connectivity index (χ1n) is 8.51. The fraction of sp³-hybridized carbons (Fsp3) is 0.263. The van der Waals surface area contributed by atoms with Gasteiger partial charge in [-0.25, -0.2) is 4.98 Å². The van der Waals surface area contributed by atoms with Crippen molar-refractivity contribution in [2.24, 2.45) is 5.73 Å². The summed E-state index contributed by atoms with van der Waals surface area (Å²) in [6.45, 7) is 3.15. The van der Waals surface area contributed by atoms with Gasteiger partial charge in [-0.1, -0.05) is 47.2 Å². The number of fused-ring (bicyclic) bond motifs is 1. The number of carbonyl (C=O) groups is 1. The van der Waals surface area contributed by atoms with E-state index in [-0.39, 0.29) is 5.91 Å². The molecule has 1 atom stereocenters. The number of nitrogens with zero attached hydrogens (tertiary/aromatic N) is 3. The minimum Gasteiger partial charge on any atom is -0.368 e. The van der Waals surface area contributed by atoms with Gasteiger partial charge in [0.1, 0.15) is 6.04 Å². The molecule has 1 aromatic heterocycles. The Bertz CT molecular complexity index is 886. The second-order valence-electron chi connectivity index (χ2n) is 6.34. The topological polar surface area (TPSA) is 62.5 Å². The smallest absolute Gasteiger partial charge is 0.239 e. The number of halogens is 1. The standard InChI is InChI=1S/C19H19ClN4OS/c20-14-7-5-13(6-8-14)17(18(21)25)23-9-11-24(12-10-23)19-22-15-3-1-2-4-16(15)26-19/h1-8,17H,9-12H2,(H2,21,25)/t17-/m0/s1. The van der Waals surface area contributed by atoms with Gasteiger partial charge in [0.15, 0.2) is 5.13 Å². The number of benzene rings is 2. The SMILES string of the molecule is NC(=O)[C@H](c1ccc(Cl)cc1)N1CCN(c2nc3ccccc3s2)CC1. The summed E-state index contributed by atoms with van der Waals surface area (Å²) in [6.07, 6.45) is 0. The zero-order valence-corrected chi connectivity index (χ0v) is 15.7. The molecule has 7 heteroatoms. The number of thiazole rings is 1. The Kier molecular flexibility index (Phi) is 4.80. The van der Waals surface area contributed by atoms with Gasteiger partial charge in [-0.15, -0.1) is 0 Å². The number of amides is 1. The van der Waals surface area contributed by atoms with Crippen LogP contribution in [0.15, 0.2) is 48.5 Å². The summed E-state index contributed by atoms with van der Waals surface area (Å²) >= 11 is 7.67. The molecule has 1 amide bonds. The Hall–Kier alpha value is -2.15. The van der Waals surface area contributed by atoms with Crippen LogP contribution in [0.2, 0.25) is 5.02 Å². The van der Waals surface area contributed by atoms with Gasteiger partial charge in [0.2, 0.25) is 5.91 Å². The van der Waals surface area contributed by atoms with Crippen molar-refractivity contribution >= 4 is 44.2 Å². The van der Waals surface area contributed by atoms with E-state index in [0.717, 1.165) is 42.4 Å². The van der Waals surface area contributed by atoms with Crippen LogP contribution in [0.4, 0.5) is 5.13 Å². The van der Waals surface area contributed by atoms with Crippen LogP contribution in [-0.4, -0.2) is 42.0 Å². The number of piperazine rings is 1. The van der Waals surface area contributed by atoms with E-state index in [1.807, 2.05) is 30.3 Å². The molecule has 1 fully saturated rings. The molecular weight excluding hydrogens is 368 g/mol. The van der Waals surface area contributed by atoms with Gasteiger partial charge >= 0.3 is 0 Å². The van der Waals surface area contributed by atoms with Crippen LogP contribution >= 0.6 is 22.9 Å². The summed E-state index contributed by atoms with van der Waals surface area (Å²) in [6, 6.07) is 15.1. The monoisotopic (exact) mass is 386 g/mol. The van der Waals surface area contributed by atoms with E-state index >= 15 is 0 Å². The van der Waals surface area contributed by atoms with Crippen molar-refractivity contribution in [1.82, 2.24) is 9.88 Å². The normalized spacial score (nSPS) is 16.7. The van der Waals surface area contributed by atoms with Crippen LogP contribution in [0, 0.1) is 0 Å². The Balaban J connectivity index is 1.49. The molecule has 0 aliphatic carbocycles. The molecule has 2 aromatic carbocycles. The van der Waals surface area contributed by atoms with E-state index < -0.39 is 6.04 Å². The zero-order chi connectivity index (χ0) is 18.1. The fourth-order valence-electron chi connectivity index (χ4n) is 3.37. The minimum atomic E-state index is -0.426. The Morgan fingerprint density at radius 2 is 1.77 bits per heavy atom. The third-order valence-electron chi connectivity index (χ3n) is 4.69. The van der Waals surface area contributed by atoms with Gasteiger partial charge in [0.25, 0.3) is 0 Å². The lowest BCUT2D eigenvalue weighted by Gasteiger charge is -2.38. The molecule has 5 nitrogen and oxygen atoms in total. The molecule has 0 unspecified atom stereocenters. The lowest BCUT2D eigenvalue weighted by atomic mass is 10.0. The largest absolute Gasteiger partial charge is 0.368 e. The number of hydrogen-bond acceptors (Lipinski definition) is 5. The molecule has 1 aliphatic rings. The van der Waals surface area contributed by atoms with E-state index in [2.05, 4.69) is 15.9 Å². The predicted octanol–water partition coefficient (Wildman–Crippen LogP) is 3.30. The van der Waals surface area contributed by atoms with E-state index in [1.54, 1.807) is 23.5 Å². The van der Waals surface area contributed by atoms with Crippen LogP contribution in [0.25, 0.3) is 10.2 Å². The van der Waals surface area contributed by atoms with Crippen molar-refractivity contribution in [1.29, 1.82) is 0 Å². The molecule has 1 saturated heterocycles. The molecule has 0 spiro atoms. The van der Waals surface area contributed by atoms with Gasteiger partial charge in [-0.05, 0) is 29.8 Å². The van der Waals surface area contributed by atoms with Crippen molar-refractivity contribution in [3.05, 3.63) is 59.1 Å². The maximum atomic E-state index is 12.1. The average molecular weight is 387 g/mol. The number of carbonyl (C=O) groups excluding carboxylic acids is 1. The summed E-state index contributed by atoms with van der Waals surface area (Å²) < 4.78 is 1.20. The second-order valence-corrected chi connectivity index (χ2v) is 7.79. The van der Waals surface area contributed by atoms with Crippen molar-refractivity contribution < 1.29 is 4.79 Å². The minimum absolute atomic E-state index is 0.333. The molecule has 3 aromatic rings. The molecule has 0 bridgehead atoms. The third kappa shape index (κ3) is 3.40. The summed E-state index contributed by atoms with van der Waals surface area (Å²) in [7, 11) is 0. The molecule has 4 rings (SSSR count). The lowest BCUT2D eigenvalue weighted by Crippen LogP contribution is -2.50. The first kappa shape index (κ1) is 17.3. The Morgan fingerprint density at radius 3 is 2.42 bits per heavy atom.